The van der Waals surface area contributed by atoms with E-state index >= 15 is 0 Å². The second-order valence-corrected chi connectivity index (χ2v) is 8.62. The Labute approximate surface area is 193 Å². The maximum atomic E-state index is 5.84. The molecule has 1 aromatic carbocycles. The van der Waals surface area contributed by atoms with Crippen molar-refractivity contribution in [2.24, 2.45) is 0 Å². The predicted molar refractivity (Wildman–Crippen MR) is 129 cm³/mol. The fourth-order valence-corrected chi connectivity index (χ4v) is 4.93. The van der Waals surface area contributed by atoms with E-state index in [4.69, 9.17) is 16.6 Å². The van der Waals surface area contributed by atoms with Gasteiger partial charge in [0, 0.05) is 24.1 Å². The van der Waals surface area contributed by atoms with Gasteiger partial charge in [-0.05, 0) is 67.5 Å². The third kappa shape index (κ3) is 3.82. The highest BCUT2D eigenvalue weighted by molar-refractivity contribution is 7.80. The minimum atomic E-state index is -0.0232. The van der Waals surface area contributed by atoms with Crippen LogP contribution in [0.3, 0.4) is 0 Å². The highest BCUT2D eigenvalue weighted by atomic mass is 32.1. The minimum Gasteiger partial charge on any atom is -0.467 e. The molecule has 3 aromatic heterocycles. The summed E-state index contributed by atoms with van der Waals surface area (Å²) < 4.78 is 7.93. The number of pyridine rings is 1. The largest absolute Gasteiger partial charge is 0.467 e. The lowest BCUT2D eigenvalue weighted by molar-refractivity contribution is 0.309. The molecule has 162 valence electrons. The highest BCUT2D eigenvalue weighted by Gasteiger charge is 2.41. The van der Waals surface area contributed by atoms with Crippen LogP contribution in [0.25, 0.3) is 0 Å². The summed E-state index contributed by atoms with van der Waals surface area (Å²) in [6, 6.07) is 22.8. The number of nitrogens with one attached hydrogen (secondary N) is 1. The molecule has 0 aliphatic carbocycles. The van der Waals surface area contributed by atoms with Gasteiger partial charge in [0.05, 0.1) is 30.6 Å². The molecule has 1 saturated heterocycles. The number of aromatic nitrogens is 2. The van der Waals surface area contributed by atoms with E-state index in [9.17, 15) is 0 Å². The van der Waals surface area contributed by atoms with E-state index in [0.29, 0.717) is 6.54 Å². The summed E-state index contributed by atoms with van der Waals surface area (Å²) in [6.07, 6.45) is 3.57. The molecule has 4 heterocycles. The minimum absolute atomic E-state index is 0.0232. The van der Waals surface area contributed by atoms with E-state index in [1.807, 2.05) is 36.5 Å². The van der Waals surface area contributed by atoms with Gasteiger partial charge in [0.2, 0.25) is 0 Å². The van der Waals surface area contributed by atoms with Gasteiger partial charge in [0.15, 0.2) is 5.11 Å². The zero-order valence-electron chi connectivity index (χ0n) is 18.2. The van der Waals surface area contributed by atoms with Crippen molar-refractivity contribution in [1.29, 1.82) is 0 Å². The van der Waals surface area contributed by atoms with Crippen LogP contribution < -0.4 is 5.32 Å². The molecule has 1 aliphatic rings. The molecule has 5 rings (SSSR count). The van der Waals surface area contributed by atoms with E-state index in [-0.39, 0.29) is 12.1 Å². The Morgan fingerprint density at radius 2 is 1.81 bits per heavy atom. The summed E-state index contributed by atoms with van der Waals surface area (Å²) in [5.74, 6) is 0.945. The van der Waals surface area contributed by atoms with E-state index in [1.54, 1.807) is 6.26 Å². The van der Waals surface area contributed by atoms with Crippen LogP contribution in [-0.2, 0) is 13.1 Å². The van der Waals surface area contributed by atoms with Crippen LogP contribution in [0, 0.1) is 13.8 Å². The van der Waals surface area contributed by atoms with Crippen molar-refractivity contribution in [3.05, 3.63) is 113 Å². The summed E-state index contributed by atoms with van der Waals surface area (Å²) >= 11 is 5.84. The van der Waals surface area contributed by atoms with Crippen molar-refractivity contribution in [2.75, 3.05) is 0 Å². The number of furan rings is 1. The molecule has 1 N–H and O–H groups in total. The molecular weight excluding hydrogens is 416 g/mol. The lowest BCUT2D eigenvalue weighted by atomic mass is 9.96. The number of hydrogen-bond donors (Lipinski definition) is 1. The van der Waals surface area contributed by atoms with Crippen LogP contribution in [0.1, 0.15) is 46.1 Å². The van der Waals surface area contributed by atoms with Crippen LogP contribution in [0.5, 0.6) is 0 Å². The maximum Gasteiger partial charge on any atom is 0.170 e. The van der Waals surface area contributed by atoms with Gasteiger partial charge in [-0.25, -0.2) is 0 Å². The van der Waals surface area contributed by atoms with Crippen LogP contribution in [0.2, 0.25) is 0 Å². The lowest BCUT2D eigenvalue weighted by Gasteiger charge is -2.28. The number of hydrogen-bond acceptors (Lipinski definition) is 3. The Kier molecular flexibility index (Phi) is 5.53. The number of benzene rings is 1. The first-order valence-electron chi connectivity index (χ1n) is 10.8. The Bertz CT molecular complexity index is 1200. The monoisotopic (exact) mass is 442 g/mol. The molecule has 0 unspecified atom stereocenters. The van der Waals surface area contributed by atoms with Crippen molar-refractivity contribution >= 4 is 17.3 Å². The predicted octanol–water partition coefficient (Wildman–Crippen LogP) is 5.31. The molecule has 4 aromatic rings. The van der Waals surface area contributed by atoms with Crippen molar-refractivity contribution in [3.63, 3.8) is 0 Å². The topological polar surface area (TPSA) is 46.2 Å². The van der Waals surface area contributed by atoms with E-state index in [1.165, 1.54) is 22.5 Å². The molecule has 0 spiro atoms. The molecule has 32 heavy (non-hydrogen) atoms. The standard InChI is InChI=1S/C26H26N4OS/c1-18-15-22(19(2)29(18)17-21-11-8-14-31-21)25-24(23-12-6-7-13-27-23)28-26(32)30(25)16-20-9-4-3-5-10-20/h3-15,24-25H,16-17H2,1-2H3,(H,28,32)/t24-,25-/m1/s1. The zero-order chi connectivity index (χ0) is 22.1. The van der Waals surface area contributed by atoms with Gasteiger partial charge in [-0.1, -0.05) is 36.4 Å². The molecule has 6 heteroatoms. The van der Waals surface area contributed by atoms with Gasteiger partial charge in [-0.3, -0.25) is 4.98 Å². The second kappa shape index (κ2) is 8.63. The molecule has 0 radical (unpaired) electrons. The first-order chi connectivity index (χ1) is 15.6. The Morgan fingerprint density at radius 1 is 1.00 bits per heavy atom. The van der Waals surface area contributed by atoms with Gasteiger partial charge < -0.3 is 19.2 Å². The number of thiocarbonyl (C=S) groups is 1. The summed E-state index contributed by atoms with van der Waals surface area (Å²) in [5, 5.41) is 4.31. The van der Waals surface area contributed by atoms with Crippen LogP contribution in [0.15, 0.2) is 83.6 Å². The first-order valence-corrected chi connectivity index (χ1v) is 11.2. The molecule has 0 amide bonds. The third-order valence-electron chi connectivity index (χ3n) is 6.22. The fourth-order valence-electron chi connectivity index (χ4n) is 4.62. The number of aryl methyl sites for hydroxylation is 1. The van der Waals surface area contributed by atoms with Crippen LogP contribution in [-0.4, -0.2) is 19.6 Å². The van der Waals surface area contributed by atoms with Crippen LogP contribution in [0.4, 0.5) is 0 Å². The van der Waals surface area contributed by atoms with Gasteiger partial charge in [-0.2, -0.15) is 0 Å². The molecule has 2 atom stereocenters. The highest BCUT2D eigenvalue weighted by Crippen LogP contribution is 2.41. The molecule has 1 aliphatic heterocycles. The average molecular weight is 443 g/mol. The number of rotatable bonds is 6. The molecule has 0 saturated carbocycles. The summed E-state index contributed by atoms with van der Waals surface area (Å²) in [7, 11) is 0. The van der Waals surface area contributed by atoms with Crippen molar-refractivity contribution in [1.82, 2.24) is 19.8 Å². The Morgan fingerprint density at radius 3 is 2.53 bits per heavy atom. The second-order valence-electron chi connectivity index (χ2n) is 8.23. The SMILES string of the molecule is Cc1cc([C@@H]2[C@@H](c3ccccn3)NC(=S)N2Cc2ccccc2)c(C)n1Cc1ccco1. The van der Waals surface area contributed by atoms with Gasteiger partial charge >= 0.3 is 0 Å². The fraction of sp³-hybridized carbons (Fsp3) is 0.231. The zero-order valence-corrected chi connectivity index (χ0v) is 19.0. The van der Waals surface area contributed by atoms with Crippen molar-refractivity contribution in [2.45, 2.75) is 39.0 Å². The summed E-state index contributed by atoms with van der Waals surface area (Å²) in [4.78, 5) is 6.96. The van der Waals surface area contributed by atoms with Crippen LogP contribution >= 0.6 is 12.2 Å². The summed E-state index contributed by atoms with van der Waals surface area (Å²) in [6.45, 7) is 5.78. The van der Waals surface area contributed by atoms with Gasteiger partial charge in [-0.15, -0.1) is 0 Å². The van der Waals surface area contributed by atoms with E-state index in [0.717, 1.165) is 23.1 Å². The molecule has 0 bridgehead atoms. The van der Waals surface area contributed by atoms with E-state index < -0.39 is 0 Å². The molecule has 5 nitrogen and oxygen atoms in total. The first kappa shape index (κ1) is 20.5. The van der Waals surface area contributed by atoms with E-state index in [2.05, 4.69) is 70.0 Å². The van der Waals surface area contributed by atoms with Crippen molar-refractivity contribution < 1.29 is 4.42 Å². The average Bonchev–Trinajstić information content (AvgIpc) is 3.51. The molecule has 1 fully saturated rings. The Balaban J connectivity index is 1.57. The third-order valence-corrected chi connectivity index (χ3v) is 6.57. The van der Waals surface area contributed by atoms with Gasteiger partial charge in [0.25, 0.3) is 0 Å². The maximum absolute atomic E-state index is 5.84. The summed E-state index contributed by atoms with van der Waals surface area (Å²) in [5.41, 5.74) is 5.90. The normalized spacial score (nSPS) is 18.2. The van der Waals surface area contributed by atoms with Crippen molar-refractivity contribution in [3.8, 4) is 0 Å². The number of nitrogens with zero attached hydrogens (tertiary/aromatic N) is 3. The Hall–Kier alpha value is -3.38. The smallest absolute Gasteiger partial charge is 0.170 e. The molecular formula is C26H26N4OS. The van der Waals surface area contributed by atoms with Gasteiger partial charge in [0.1, 0.15) is 5.76 Å². The lowest BCUT2D eigenvalue weighted by Crippen LogP contribution is -2.29. The quantitative estimate of drug-likeness (QED) is 0.410.